The topological polar surface area (TPSA) is 63.5 Å². The summed E-state index contributed by atoms with van der Waals surface area (Å²) in [5.74, 6) is 0.880. The Bertz CT molecular complexity index is 535. The molecule has 6 nitrogen and oxygen atoms in total. The van der Waals surface area contributed by atoms with Gasteiger partial charge >= 0.3 is 0 Å². The number of ether oxygens (including phenoxy) is 1. The van der Waals surface area contributed by atoms with Crippen molar-refractivity contribution in [3.8, 4) is 0 Å². The third kappa shape index (κ3) is 3.91. The third-order valence-corrected chi connectivity index (χ3v) is 5.47. The van der Waals surface area contributed by atoms with Crippen molar-refractivity contribution in [3.63, 3.8) is 0 Å². The third-order valence-electron chi connectivity index (χ3n) is 5.47. The van der Waals surface area contributed by atoms with Crippen LogP contribution in [0.15, 0.2) is 17.4 Å². The van der Waals surface area contributed by atoms with Gasteiger partial charge in [0.25, 0.3) is 0 Å². The molecule has 6 heteroatoms. The van der Waals surface area contributed by atoms with E-state index in [9.17, 15) is 0 Å². The molecule has 0 aromatic carbocycles. The average molecular weight is 335 g/mol. The zero-order chi connectivity index (χ0) is 17.6. The lowest BCUT2D eigenvalue weighted by molar-refractivity contribution is -0.133. The Kier molecular flexibility index (Phi) is 6.66. The summed E-state index contributed by atoms with van der Waals surface area (Å²) in [5.41, 5.74) is 1.45. The number of nitrogens with zero attached hydrogens (tertiary/aromatic N) is 3. The van der Waals surface area contributed by atoms with Crippen LogP contribution in [0.25, 0.3) is 0 Å². The monoisotopic (exact) mass is 335 g/mol. The van der Waals surface area contributed by atoms with Crippen LogP contribution in [0.2, 0.25) is 0 Å². The summed E-state index contributed by atoms with van der Waals surface area (Å²) < 4.78 is 7.79. The van der Waals surface area contributed by atoms with Crippen molar-refractivity contribution >= 4 is 5.96 Å². The maximum atomic E-state index is 5.95. The first-order valence-electron chi connectivity index (χ1n) is 9.15. The van der Waals surface area contributed by atoms with Crippen molar-refractivity contribution in [2.45, 2.75) is 58.6 Å². The Hall–Kier alpha value is -1.56. The number of aromatic nitrogens is 2. The predicted octanol–water partition coefficient (Wildman–Crippen LogP) is 2.11. The fraction of sp³-hybridized carbons (Fsp3) is 0.778. The molecule has 1 saturated carbocycles. The fourth-order valence-corrected chi connectivity index (χ4v) is 3.87. The van der Waals surface area contributed by atoms with Gasteiger partial charge in [0, 0.05) is 44.9 Å². The molecular formula is C18H33N5O. The summed E-state index contributed by atoms with van der Waals surface area (Å²) in [6.45, 7) is 8.25. The van der Waals surface area contributed by atoms with E-state index >= 15 is 0 Å². The molecule has 0 radical (unpaired) electrons. The molecular weight excluding hydrogens is 302 g/mol. The number of aliphatic imine (C=N–C) groups is 1. The molecule has 1 aromatic rings. The van der Waals surface area contributed by atoms with Gasteiger partial charge in [-0.1, -0.05) is 13.8 Å². The zero-order valence-corrected chi connectivity index (χ0v) is 15.8. The number of nitrogens with one attached hydrogen (secondary N) is 2. The van der Waals surface area contributed by atoms with Crippen molar-refractivity contribution in [2.24, 2.45) is 17.5 Å². The summed E-state index contributed by atoms with van der Waals surface area (Å²) in [5, 5.41) is 11.2. The number of rotatable bonds is 8. The maximum absolute atomic E-state index is 5.95. The van der Waals surface area contributed by atoms with Crippen molar-refractivity contribution in [1.29, 1.82) is 0 Å². The lowest BCUT2D eigenvalue weighted by Gasteiger charge is -2.55. The minimum absolute atomic E-state index is 0.219. The highest BCUT2D eigenvalue weighted by Crippen LogP contribution is 2.48. The van der Waals surface area contributed by atoms with Crippen LogP contribution in [-0.4, -0.2) is 48.1 Å². The molecule has 136 valence electrons. The van der Waals surface area contributed by atoms with E-state index in [1.54, 1.807) is 0 Å². The van der Waals surface area contributed by atoms with Crippen molar-refractivity contribution in [3.05, 3.63) is 18.0 Å². The second-order valence-electron chi connectivity index (χ2n) is 6.59. The summed E-state index contributed by atoms with van der Waals surface area (Å²) >= 11 is 0. The molecule has 0 aliphatic heterocycles. The van der Waals surface area contributed by atoms with Gasteiger partial charge in [-0.2, -0.15) is 5.10 Å². The molecule has 1 aliphatic rings. The van der Waals surface area contributed by atoms with Gasteiger partial charge in [-0.3, -0.25) is 9.67 Å². The summed E-state index contributed by atoms with van der Waals surface area (Å²) in [7, 11) is 3.77. The minimum atomic E-state index is 0.219. The second-order valence-corrected chi connectivity index (χ2v) is 6.59. The molecule has 1 aliphatic carbocycles. The normalized spacial score (nSPS) is 23.0. The quantitative estimate of drug-likeness (QED) is 0.564. The summed E-state index contributed by atoms with van der Waals surface area (Å²) in [6.07, 6.45) is 8.57. The van der Waals surface area contributed by atoms with E-state index < -0.39 is 0 Å². The smallest absolute Gasteiger partial charge is 0.191 e. The van der Waals surface area contributed by atoms with Crippen LogP contribution in [0.3, 0.4) is 0 Å². The van der Waals surface area contributed by atoms with E-state index in [1.165, 1.54) is 5.56 Å². The Labute approximate surface area is 146 Å². The van der Waals surface area contributed by atoms with Crippen LogP contribution in [-0.2, 0) is 18.2 Å². The average Bonchev–Trinajstić information content (AvgIpc) is 2.99. The van der Waals surface area contributed by atoms with Crippen molar-refractivity contribution in [1.82, 2.24) is 20.4 Å². The zero-order valence-electron chi connectivity index (χ0n) is 15.8. The van der Waals surface area contributed by atoms with Crippen LogP contribution in [0, 0.1) is 5.41 Å². The number of aryl methyl sites for hydroxylation is 1. The molecule has 0 saturated heterocycles. The van der Waals surface area contributed by atoms with E-state index in [-0.39, 0.29) is 5.41 Å². The van der Waals surface area contributed by atoms with E-state index in [1.807, 2.05) is 25.0 Å². The molecule has 2 unspecified atom stereocenters. The van der Waals surface area contributed by atoms with Crippen LogP contribution in [0.5, 0.6) is 0 Å². The largest absolute Gasteiger partial charge is 0.378 e. The van der Waals surface area contributed by atoms with Crippen LogP contribution in [0.1, 0.15) is 45.6 Å². The van der Waals surface area contributed by atoms with Gasteiger partial charge in [0.2, 0.25) is 0 Å². The molecule has 1 heterocycles. The number of hydrogen-bond donors (Lipinski definition) is 2. The SMILES string of the molecule is CCOC1CC(NC(=NC)NCCc2cnn(C)c2)C1(CC)CC. The van der Waals surface area contributed by atoms with Gasteiger partial charge in [-0.15, -0.1) is 0 Å². The predicted molar refractivity (Wildman–Crippen MR) is 98.2 cm³/mol. The first kappa shape index (κ1) is 18.8. The highest BCUT2D eigenvalue weighted by molar-refractivity contribution is 5.80. The standard InChI is InChI=1S/C18H33N5O/c1-6-18(7-2)15(11-16(18)24-8-3)22-17(19-4)20-10-9-14-12-21-23(5)13-14/h12-13,15-16H,6-11H2,1-5H3,(H2,19,20,22). The summed E-state index contributed by atoms with van der Waals surface area (Å²) in [4.78, 5) is 4.38. The molecule has 0 amide bonds. The number of guanidine groups is 1. The Balaban J connectivity index is 1.86. The van der Waals surface area contributed by atoms with E-state index in [2.05, 4.69) is 47.7 Å². The maximum Gasteiger partial charge on any atom is 0.191 e. The van der Waals surface area contributed by atoms with Gasteiger partial charge < -0.3 is 15.4 Å². The molecule has 2 N–H and O–H groups in total. The Morgan fingerprint density at radius 1 is 1.42 bits per heavy atom. The first-order chi connectivity index (χ1) is 11.6. The van der Waals surface area contributed by atoms with Crippen molar-refractivity contribution < 1.29 is 4.74 Å². The lowest BCUT2D eigenvalue weighted by Crippen LogP contribution is -2.65. The highest BCUT2D eigenvalue weighted by Gasteiger charge is 2.53. The van der Waals surface area contributed by atoms with Gasteiger partial charge in [0.05, 0.1) is 12.3 Å². The van der Waals surface area contributed by atoms with E-state index in [0.717, 1.165) is 44.8 Å². The van der Waals surface area contributed by atoms with E-state index in [4.69, 9.17) is 4.74 Å². The number of hydrogen-bond acceptors (Lipinski definition) is 3. The fourth-order valence-electron chi connectivity index (χ4n) is 3.87. The molecule has 2 rings (SSSR count). The molecule has 24 heavy (non-hydrogen) atoms. The molecule has 0 spiro atoms. The molecule has 0 bridgehead atoms. The Morgan fingerprint density at radius 3 is 2.71 bits per heavy atom. The van der Waals surface area contributed by atoms with Gasteiger partial charge in [0.1, 0.15) is 0 Å². The van der Waals surface area contributed by atoms with Crippen molar-refractivity contribution in [2.75, 3.05) is 20.2 Å². The van der Waals surface area contributed by atoms with Crippen LogP contribution in [0.4, 0.5) is 0 Å². The van der Waals surface area contributed by atoms with Gasteiger partial charge in [0.15, 0.2) is 5.96 Å². The van der Waals surface area contributed by atoms with Crippen LogP contribution < -0.4 is 10.6 Å². The molecule has 2 atom stereocenters. The molecule has 1 fully saturated rings. The van der Waals surface area contributed by atoms with Gasteiger partial charge in [-0.25, -0.2) is 0 Å². The Morgan fingerprint density at radius 2 is 2.17 bits per heavy atom. The van der Waals surface area contributed by atoms with Crippen LogP contribution >= 0.6 is 0 Å². The first-order valence-corrected chi connectivity index (χ1v) is 9.15. The lowest BCUT2D eigenvalue weighted by atomic mass is 9.58. The molecule has 1 aromatic heterocycles. The second kappa shape index (κ2) is 8.51. The minimum Gasteiger partial charge on any atom is -0.378 e. The van der Waals surface area contributed by atoms with E-state index in [0.29, 0.717) is 12.1 Å². The summed E-state index contributed by atoms with van der Waals surface area (Å²) in [6, 6.07) is 0.425. The van der Waals surface area contributed by atoms with Gasteiger partial charge in [-0.05, 0) is 38.2 Å². The highest BCUT2D eigenvalue weighted by atomic mass is 16.5.